The van der Waals surface area contributed by atoms with Gasteiger partial charge in [-0.15, -0.1) is 0 Å². The number of aromatic nitrogens is 1. The summed E-state index contributed by atoms with van der Waals surface area (Å²) in [5, 5.41) is 12.6. The Labute approximate surface area is 222 Å². The smallest absolute Gasteiger partial charge is 0.278 e. The largest absolute Gasteiger partial charge is 0.502 e. The molecule has 0 unspecified atom stereocenters. The Hall–Kier alpha value is -4.12. The Morgan fingerprint density at radius 3 is 2.67 bits per heavy atom. The third-order valence-corrected chi connectivity index (χ3v) is 8.31. The lowest BCUT2D eigenvalue weighted by molar-refractivity contribution is -0.0197. The zero-order valence-corrected chi connectivity index (χ0v) is 21.4. The monoisotopic (exact) mass is 536 g/mol. The number of fused-ring (bicyclic) bond motifs is 3. The van der Waals surface area contributed by atoms with E-state index in [0.29, 0.717) is 24.5 Å². The van der Waals surface area contributed by atoms with Crippen molar-refractivity contribution >= 4 is 11.6 Å². The Balaban J connectivity index is 1.60. The Morgan fingerprint density at radius 2 is 1.85 bits per heavy atom. The second kappa shape index (κ2) is 8.19. The van der Waals surface area contributed by atoms with Crippen LogP contribution in [-0.2, 0) is 10.3 Å². The van der Waals surface area contributed by atoms with Crippen LogP contribution >= 0.6 is 0 Å². The van der Waals surface area contributed by atoms with Crippen LogP contribution in [0.4, 0.5) is 14.5 Å². The summed E-state index contributed by atoms with van der Waals surface area (Å²) < 4.78 is 44.1. The summed E-state index contributed by atoms with van der Waals surface area (Å²) in [6, 6.07) is 8.68. The van der Waals surface area contributed by atoms with Crippen LogP contribution in [0.2, 0.25) is 0 Å². The average Bonchev–Trinajstić information content (AvgIpc) is 3.01. The van der Waals surface area contributed by atoms with Crippen LogP contribution in [-0.4, -0.2) is 59.7 Å². The molecule has 3 aromatic rings. The zero-order valence-electron chi connectivity index (χ0n) is 21.4. The van der Waals surface area contributed by atoms with Crippen LogP contribution in [0.1, 0.15) is 47.1 Å². The lowest BCUT2D eigenvalue weighted by Crippen LogP contribution is -2.66. The highest BCUT2D eigenvalue weighted by Gasteiger charge is 2.50. The molecule has 0 bridgehead atoms. The van der Waals surface area contributed by atoms with E-state index in [4.69, 9.17) is 9.47 Å². The molecule has 2 aromatic carbocycles. The number of nitrogens with zero attached hydrogens (tertiary/aromatic N) is 4. The lowest BCUT2D eigenvalue weighted by atomic mass is 9.85. The number of pyridine rings is 1. The summed E-state index contributed by atoms with van der Waals surface area (Å²) in [4.78, 5) is 29.6. The predicted molar refractivity (Wildman–Crippen MR) is 137 cm³/mol. The zero-order chi connectivity index (χ0) is 27.2. The fourth-order valence-corrected chi connectivity index (χ4v) is 6.62. The van der Waals surface area contributed by atoms with Crippen LogP contribution in [0.3, 0.4) is 0 Å². The number of halogens is 2. The third kappa shape index (κ3) is 3.13. The number of hydrogen-bond donors (Lipinski definition) is 1. The van der Waals surface area contributed by atoms with Crippen molar-refractivity contribution in [3.05, 3.63) is 86.8 Å². The van der Waals surface area contributed by atoms with Crippen LogP contribution in [0.15, 0.2) is 47.4 Å². The highest BCUT2D eigenvalue weighted by Crippen LogP contribution is 2.53. The van der Waals surface area contributed by atoms with Crippen molar-refractivity contribution in [2.45, 2.75) is 31.6 Å². The Bertz CT molecular complexity index is 1610. The number of amides is 1. The van der Waals surface area contributed by atoms with Crippen molar-refractivity contribution in [3.63, 3.8) is 0 Å². The van der Waals surface area contributed by atoms with Gasteiger partial charge in [-0.05, 0) is 31.5 Å². The average molecular weight is 537 g/mol. The first-order valence-corrected chi connectivity index (χ1v) is 12.9. The van der Waals surface area contributed by atoms with Gasteiger partial charge in [-0.3, -0.25) is 19.3 Å². The van der Waals surface area contributed by atoms with Crippen molar-refractivity contribution in [1.82, 2.24) is 9.58 Å². The molecule has 9 nitrogen and oxygen atoms in total. The molecule has 4 aliphatic heterocycles. The molecule has 0 radical (unpaired) electrons. The van der Waals surface area contributed by atoms with Crippen molar-refractivity contribution in [2.24, 2.45) is 0 Å². The van der Waals surface area contributed by atoms with E-state index in [1.807, 2.05) is 42.0 Å². The molecule has 0 aliphatic carbocycles. The lowest BCUT2D eigenvalue weighted by Gasteiger charge is -2.51. The SMILES string of the molecule is CC1(C)c2c(ccc(F)c2F)[C@H](N2[C@@H]3COCCN3C(=O)c3c(O)c(=O)ccn32)c2cccc3c2N1CCO3. The molecular formula is C28H26F2N4O5. The molecule has 1 N–H and O–H groups in total. The summed E-state index contributed by atoms with van der Waals surface area (Å²) in [6.07, 6.45) is 0.766. The second-order valence-electron chi connectivity index (χ2n) is 10.6. The van der Waals surface area contributed by atoms with E-state index in [1.54, 1.807) is 11.0 Å². The molecule has 7 rings (SSSR count). The number of anilines is 1. The first-order chi connectivity index (χ1) is 18.7. The molecule has 0 saturated carbocycles. The summed E-state index contributed by atoms with van der Waals surface area (Å²) in [5.74, 6) is -2.47. The second-order valence-corrected chi connectivity index (χ2v) is 10.6. The molecule has 0 spiro atoms. The maximum absolute atomic E-state index is 15.9. The number of ether oxygens (including phenoxy) is 2. The minimum Gasteiger partial charge on any atom is -0.502 e. The van der Waals surface area contributed by atoms with E-state index in [0.717, 1.165) is 17.3 Å². The Kier molecular flexibility index (Phi) is 5.03. The van der Waals surface area contributed by atoms with E-state index in [2.05, 4.69) is 0 Å². The van der Waals surface area contributed by atoms with Crippen LogP contribution in [0, 0.1) is 11.6 Å². The minimum absolute atomic E-state index is 0.131. The summed E-state index contributed by atoms with van der Waals surface area (Å²) >= 11 is 0. The maximum Gasteiger partial charge on any atom is 0.278 e. The summed E-state index contributed by atoms with van der Waals surface area (Å²) in [6.45, 7) is 5.17. The molecule has 1 fully saturated rings. The van der Waals surface area contributed by atoms with E-state index in [1.165, 1.54) is 16.9 Å². The van der Waals surface area contributed by atoms with Crippen LogP contribution in [0.5, 0.6) is 11.5 Å². The van der Waals surface area contributed by atoms with Gasteiger partial charge >= 0.3 is 0 Å². The molecule has 2 atom stereocenters. The van der Waals surface area contributed by atoms with E-state index in [-0.39, 0.29) is 31.0 Å². The van der Waals surface area contributed by atoms with Gasteiger partial charge in [0.2, 0.25) is 5.43 Å². The molecule has 1 amide bonds. The first kappa shape index (κ1) is 24.0. The van der Waals surface area contributed by atoms with E-state index in [9.17, 15) is 19.1 Å². The van der Waals surface area contributed by atoms with Gasteiger partial charge in [-0.25, -0.2) is 8.78 Å². The van der Waals surface area contributed by atoms with Crippen molar-refractivity contribution in [1.29, 1.82) is 0 Å². The van der Waals surface area contributed by atoms with E-state index < -0.39 is 46.5 Å². The quantitative estimate of drug-likeness (QED) is 0.512. The number of aromatic hydroxyl groups is 1. The van der Waals surface area contributed by atoms with Gasteiger partial charge in [0.1, 0.15) is 24.6 Å². The fraction of sp³-hybridized carbons (Fsp3) is 0.357. The summed E-state index contributed by atoms with van der Waals surface area (Å²) in [7, 11) is 0. The number of benzene rings is 2. The predicted octanol–water partition coefficient (Wildman–Crippen LogP) is 2.82. The third-order valence-electron chi connectivity index (χ3n) is 8.31. The number of para-hydroxylation sites is 1. The van der Waals surface area contributed by atoms with Gasteiger partial charge in [0, 0.05) is 29.9 Å². The van der Waals surface area contributed by atoms with Crippen LogP contribution < -0.4 is 20.1 Å². The fourth-order valence-electron chi connectivity index (χ4n) is 6.62. The highest BCUT2D eigenvalue weighted by atomic mass is 19.2. The first-order valence-electron chi connectivity index (χ1n) is 12.9. The van der Waals surface area contributed by atoms with Crippen molar-refractivity contribution in [3.8, 4) is 11.5 Å². The molecule has 1 aromatic heterocycles. The van der Waals surface area contributed by atoms with E-state index >= 15 is 4.39 Å². The number of carbonyl (C=O) groups excluding carboxylic acids is 1. The molecule has 39 heavy (non-hydrogen) atoms. The van der Waals surface area contributed by atoms with Crippen molar-refractivity contribution in [2.75, 3.05) is 42.8 Å². The van der Waals surface area contributed by atoms with Gasteiger partial charge in [0.25, 0.3) is 5.91 Å². The molecule has 11 heteroatoms. The van der Waals surface area contributed by atoms with Crippen molar-refractivity contribution < 1.29 is 28.2 Å². The topological polar surface area (TPSA) is 87.5 Å². The van der Waals surface area contributed by atoms with Gasteiger partial charge < -0.3 is 24.4 Å². The standard InChI is InChI=1S/C28H26F2N4O5/c1-28(2)21-15(6-7-17(29)22(21)30)23(16-4-3-5-19-24(16)32(28)11-13-39-19)34-20-14-38-12-10-31(20)27(37)25-26(36)18(35)8-9-33(25)34/h3-9,20,23,36H,10-14H2,1-2H3/t20-,23+/m1/s1. The van der Waals surface area contributed by atoms with Gasteiger partial charge in [0.15, 0.2) is 23.1 Å². The number of hydrogen-bond acceptors (Lipinski definition) is 7. The van der Waals surface area contributed by atoms with Gasteiger partial charge in [-0.1, -0.05) is 18.2 Å². The molecular weight excluding hydrogens is 510 g/mol. The minimum atomic E-state index is -0.978. The Morgan fingerprint density at radius 1 is 1.03 bits per heavy atom. The molecule has 4 aliphatic rings. The van der Waals surface area contributed by atoms with Crippen LogP contribution in [0.25, 0.3) is 0 Å². The molecule has 1 saturated heterocycles. The maximum atomic E-state index is 15.9. The van der Waals surface area contributed by atoms with Gasteiger partial charge in [0.05, 0.1) is 31.0 Å². The number of morpholine rings is 1. The normalized spacial score (nSPS) is 22.8. The molecule has 202 valence electrons. The van der Waals surface area contributed by atoms with Gasteiger partial charge in [-0.2, -0.15) is 0 Å². The molecule has 5 heterocycles. The number of carbonyl (C=O) groups is 1. The number of rotatable bonds is 1. The summed E-state index contributed by atoms with van der Waals surface area (Å²) in [5.41, 5.74) is 0.304. The highest BCUT2D eigenvalue weighted by molar-refractivity contribution is 5.96.